The van der Waals surface area contributed by atoms with Crippen molar-refractivity contribution < 1.29 is 19.2 Å². The molecule has 4 rings (SSSR count). The molecule has 0 aliphatic rings. The molecule has 0 saturated heterocycles. The lowest BCUT2D eigenvalue weighted by atomic mass is 10.1. The molecular weight excluding hydrogens is 457 g/mol. The van der Waals surface area contributed by atoms with Crippen LogP contribution >= 0.6 is 24.0 Å². The first-order valence-electron chi connectivity index (χ1n) is 9.74. The van der Waals surface area contributed by atoms with Gasteiger partial charge < -0.3 is 14.4 Å². The topological polar surface area (TPSA) is 116 Å². The van der Waals surface area contributed by atoms with Crippen molar-refractivity contribution in [3.63, 3.8) is 0 Å². The zero-order chi connectivity index (χ0) is 22.0. The molecule has 0 fully saturated rings. The number of ether oxygens (including phenoxy) is 1. The van der Waals surface area contributed by atoms with Crippen LogP contribution in [-0.4, -0.2) is 42.1 Å². The number of aromatic nitrogens is 5. The number of halogens is 2. The number of benzene rings is 1. The van der Waals surface area contributed by atoms with E-state index in [4.69, 9.17) is 26.0 Å². The molecule has 0 radical (unpaired) electrons. The van der Waals surface area contributed by atoms with Crippen molar-refractivity contribution >= 4 is 40.9 Å². The first-order chi connectivity index (χ1) is 14.9. The van der Waals surface area contributed by atoms with Gasteiger partial charge in [-0.2, -0.15) is 10.1 Å². The molecule has 32 heavy (non-hydrogen) atoms. The Labute approximate surface area is 194 Å². The number of rotatable bonds is 8. The largest absolute Gasteiger partial charge is 0.481 e. The van der Waals surface area contributed by atoms with E-state index in [1.807, 2.05) is 38.2 Å². The van der Waals surface area contributed by atoms with Crippen molar-refractivity contribution in [1.29, 1.82) is 0 Å². The fraction of sp³-hybridized carbons (Fsp3) is 0.286. The Bertz CT molecular complexity index is 1240. The first-order valence-corrected chi connectivity index (χ1v) is 10.1. The molecule has 0 amide bonds. The molecule has 0 aliphatic carbocycles. The number of aliphatic carboxylic acids is 1. The Morgan fingerprint density at radius 3 is 2.81 bits per heavy atom. The second kappa shape index (κ2) is 9.97. The zero-order valence-corrected chi connectivity index (χ0v) is 18.9. The van der Waals surface area contributed by atoms with Crippen molar-refractivity contribution in [2.45, 2.75) is 39.3 Å². The predicted octanol–water partition coefficient (Wildman–Crippen LogP) is 4.88. The highest BCUT2D eigenvalue weighted by Crippen LogP contribution is 2.29. The van der Waals surface area contributed by atoms with E-state index in [1.165, 1.54) is 0 Å². The van der Waals surface area contributed by atoms with Gasteiger partial charge in [0.15, 0.2) is 0 Å². The minimum Gasteiger partial charge on any atom is -0.481 e. The highest BCUT2D eigenvalue weighted by atomic mass is 35.5. The van der Waals surface area contributed by atoms with Gasteiger partial charge in [-0.1, -0.05) is 16.8 Å². The fourth-order valence-corrected chi connectivity index (χ4v) is 3.24. The number of carboxylic acid groups (broad SMARTS) is 1. The van der Waals surface area contributed by atoms with Crippen LogP contribution in [0, 0.1) is 0 Å². The van der Waals surface area contributed by atoms with Crippen molar-refractivity contribution in [1.82, 2.24) is 24.9 Å². The number of carboxylic acids is 1. The molecule has 11 heteroatoms. The van der Waals surface area contributed by atoms with E-state index in [2.05, 4.69) is 20.2 Å². The van der Waals surface area contributed by atoms with Crippen LogP contribution in [0.5, 0.6) is 5.88 Å². The number of hydrogen-bond acceptors (Lipinski definition) is 7. The van der Waals surface area contributed by atoms with Gasteiger partial charge in [-0.3, -0.25) is 9.48 Å². The van der Waals surface area contributed by atoms with Gasteiger partial charge in [-0.15, -0.1) is 12.4 Å². The summed E-state index contributed by atoms with van der Waals surface area (Å²) in [5, 5.41) is 18.6. The lowest BCUT2D eigenvalue weighted by Gasteiger charge is -2.09. The van der Waals surface area contributed by atoms with Crippen LogP contribution in [0.4, 0.5) is 0 Å². The maximum absolute atomic E-state index is 10.7. The van der Waals surface area contributed by atoms with Gasteiger partial charge in [0, 0.05) is 36.3 Å². The average Bonchev–Trinajstić information content (AvgIpc) is 3.35. The molecule has 0 saturated carbocycles. The summed E-state index contributed by atoms with van der Waals surface area (Å²) in [6, 6.07) is 7.31. The van der Waals surface area contributed by atoms with E-state index < -0.39 is 5.97 Å². The number of aryl methyl sites for hydroxylation is 1. The molecule has 3 aromatic heterocycles. The van der Waals surface area contributed by atoms with Crippen LogP contribution in [0.1, 0.15) is 26.7 Å². The molecule has 0 spiro atoms. The van der Waals surface area contributed by atoms with E-state index in [0.29, 0.717) is 41.1 Å². The molecule has 168 valence electrons. The standard InChI is InChI=1S/C21H20ClN5O4.ClH/c1-12(2)30-21-16(22)9-14(10-23-21)20-24-19(26-31-20)13-5-6-17-15(8-13)11-27(25-17)7-3-4-18(28)29;/h5-6,8-12H,3-4,7H2,1-2H3,(H,28,29);1H. The molecule has 4 aromatic rings. The van der Waals surface area contributed by atoms with Crippen LogP contribution in [0.25, 0.3) is 33.7 Å². The third-order valence-corrected chi connectivity index (χ3v) is 4.69. The van der Waals surface area contributed by atoms with Gasteiger partial charge in [0.2, 0.25) is 11.7 Å². The summed E-state index contributed by atoms with van der Waals surface area (Å²) < 4.78 is 12.7. The third kappa shape index (κ3) is 5.35. The first kappa shape index (κ1) is 23.5. The van der Waals surface area contributed by atoms with Crippen LogP contribution < -0.4 is 4.74 Å². The predicted molar refractivity (Wildman–Crippen MR) is 121 cm³/mol. The van der Waals surface area contributed by atoms with E-state index in [9.17, 15) is 4.79 Å². The van der Waals surface area contributed by atoms with Crippen molar-refractivity contribution in [2.75, 3.05) is 0 Å². The summed E-state index contributed by atoms with van der Waals surface area (Å²) in [6.07, 6.45) is 4.03. The second-order valence-electron chi connectivity index (χ2n) is 7.26. The van der Waals surface area contributed by atoms with Gasteiger partial charge in [-0.05, 0) is 44.5 Å². The van der Waals surface area contributed by atoms with Crippen LogP contribution in [0.3, 0.4) is 0 Å². The second-order valence-corrected chi connectivity index (χ2v) is 7.67. The molecule has 0 atom stereocenters. The van der Waals surface area contributed by atoms with Crippen molar-refractivity contribution in [3.05, 3.63) is 41.7 Å². The maximum atomic E-state index is 10.7. The minimum atomic E-state index is -0.814. The number of fused-ring (bicyclic) bond motifs is 1. The highest BCUT2D eigenvalue weighted by Gasteiger charge is 2.15. The van der Waals surface area contributed by atoms with Crippen LogP contribution in [0.15, 0.2) is 41.2 Å². The van der Waals surface area contributed by atoms with Gasteiger partial charge in [-0.25, -0.2) is 4.98 Å². The van der Waals surface area contributed by atoms with Crippen LogP contribution in [0.2, 0.25) is 5.02 Å². The Hall–Kier alpha value is -3.17. The van der Waals surface area contributed by atoms with Gasteiger partial charge in [0.1, 0.15) is 5.02 Å². The maximum Gasteiger partial charge on any atom is 0.303 e. The van der Waals surface area contributed by atoms with Crippen molar-refractivity contribution in [3.8, 4) is 28.7 Å². The minimum absolute atomic E-state index is 0. The number of nitrogens with zero attached hydrogens (tertiary/aromatic N) is 5. The number of hydrogen-bond donors (Lipinski definition) is 1. The lowest BCUT2D eigenvalue weighted by molar-refractivity contribution is -0.137. The average molecular weight is 478 g/mol. The Morgan fingerprint density at radius 1 is 1.28 bits per heavy atom. The molecule has 0 aliphatic heterocycles. The smallest absolute Gasteiger partial charge is 0.303 e. The van der Waals surface area contributed by atoms with Crippen LogP contribution in [-0.2, 0) is 11.3 Å². The summed E-state index contributed by atoms with van der Waals surface area (Å²) in [5.41, 5.74) is 2.16. The Kier molecular flexibility index (Phi) is 7.32. The summed E-state index contributed by atoms with van der Waals surface area (Å²) in [6.45, 7) is 4.33. The number of pyridine rings is 1. The van der Waals surface area contributed by atoms with E-state index in [0.717, 1.165) is 16.5 Å². The van der Waals surface area contributed by atoms with E-state index in [1.54, 1.807) is 16.9 Å². The van der Waals surface area contributed by atoms with E-state index in [-0.39, 0.29) is 24.9 Å². The normalized spacial score (nSPS) is 11.0. The molecule has 1 N–H and O–H groups in total. The summed E-state index contributed by atoms with van der Waals surface area (Å²) in [5.74, 6) is 0.260. The monoisotopic (exact) mass is 477 g/mol. The molecular formula is C21H21Cl2N5O4. The SMILES string of the molecule is CC(C)Oc1ncc(-c2nc(-c3ccc4nn(CCCC(=O)O)cc4c3)no2)cc1Cl.Cl. The Balaban J connectivity index is 0.00000289. The van der Waals surface area contributed by atoms with Gasteiger partial charge in [0.25, 0.3) is 5.89 Å². The number of carbonyl (C=O) groups is 1. The third-order valence-electron chi connectivity index (χ3n) is 4.42. The summed E-state index contributed by atoms with van der Waals surface area (Å²) in [7, 11) is 0. The zero-order valence-electron chi connectivity index (χ0n) is 17.4. The molecule has 9 nitrogen and oxygen atoms in total. The van der Waals surface area contributed by atoms with Gasteiger partial charge >= 0.3 is 5.97 Å². The van der Waals surface area contributed by atoms with Gasteiger partial charge in [0.05, 0.1) is 17.2 Å². The molecule has 3 heterocycles. The quantitative estimate of drug-likeness (QED) is 0.381. The lowest BCUT2D eigenvalue weighted by Crippen LogP contribution is -2.07. The van der Waals surface area contributed by atoms with Crippen molar-refractivity contribution in [2.24, 2.45) is 0 Å². The molecule has 0 unspecified atom stereocenters. The molecule has 0 bridgehead atoms. The highest BCUT2D eigenvalue weighted by molar-refractivity contribution is 6.32. The van der Waals surface area contributed by atoms with E-state index >= 15 is 0 Å². The fourth-order valence-electron chi connectivity index (χ4n) is 3.03. The Morgan fingerprint density at radius 2 is 2.09 bits per heavy atom. The summed E-state index contributed by atoms with van der Waals surface area (Å²) >= 11 is 6.25. The summed E-state index contributed by atoms with van der Waals surface area (Å²) in [4.78, 5) is 19.4. The molecule has 1 aromatic carbocycles.